The second-order valence-electron chi connectivity index (χ2n) is 2.73. The van der Waals surface area contributed by atoms with E-state index in [9.17, 15) is 0 Å². The first-order chi connectivity index (χ1) is 5.65. The topological polar surface area (TPSA) is 26.0 Å². The van der Waals surface area contributed by atoms with Crippen molar-refractivity contribution in [2.24, 2.45) is 5.73 Å². The third kappa shape index (κ3) is 2.31. The lowest BCUT2D eigenvalue weighted by molar-refractivity contribution is 0.960. The highest BCUT2D eigenvalue weighted by Gasteiger charge is 2.02. The first-order valence-electron chi connectivity index (χ1n) is 3.79. The number of halogens is 2. The molecule has 0 spiro atoms. The van der Waals surface area contributed by atoms with Crippen molar-refractivity contribution >= 4 is 31.9 Å². The molecule has 1 nitrogen and oxygen atoms in total. The summed E-state index contributed by atoms with van der Waals surface area (Å²) in [6.07, 6.45) is 0.925. The van der Waals surface area contributed by atoms with E-state index in [4.69, 9.17) is 5.73 Å². The fraction of sp³-hybridized carbons (Fsp3) is 0.333. The Bertz CT molecular complexity index is 284. The third-order valence-electron chi connectivity index (χ3n) is 1.74. The Morgan fingerprint density at radius 3 is 2.50 bits per heavy atom. The largest absolute Gasteiger partial charge is 0.330 e. The standard InChI is InChI=1S/C9H11Br2N/c1-6-4-7(2-3-12)9(11)5-8(6)10/h4-5H,2-3,12H2,1H3. The fourth-order valence-corrected chi connectivity index (χ4v) is 2.26. The summed E-state index contributed by atoms with van der Waals surface area (Å²) in [4.78, 5) is 0. The fourth-order valence-electron chi connectivity index (χ4n) is 1.06. The van der Waals surface area contributed by atoms with Crippen LogP contribution in [0, 0.1) is 6.92 Å². The first-order valence-corrected chi connectivity index (χ1v) is 5.38. The Morgan fingerprint density at radius 2 is 1.92 bits per heavy atom. The van der Waals surface area contributed by atoms with Crippen molar-refractivity contribution in [3.05, 3.63) is 32.2 Å². The van der Waals surface area contributed by atoms with Crippen LogP contribution in [0.4, 0.5) is 0 Å². The Kier molecular flexibility index (Phi) is 3.75. The van der Waals surface area contributed by atoms with E-state index in [1.54, 1.807) is 0 Å². The molecule has 0 fully saturated rings. The molecule has 0 bridgehead atoms. The van der Waals surface area contributed by atoms with E-state index in [1.807, 2.05) is 0 Å². The van der Waals surface area contributed by atoms with Gasteiger partial charge < -0.3 is 5.73 Å². The van der Waals surface area contributed by atoms with Gasteiger partial charge in [-0.25, -0.2) is 0 Å². The van der Waals surface area contributed by atoms with E-state index >= 15 is 0 Å². The minimum atomic E-state index is 0.694. The second-order valence-corrected chi connectivity index (χ2v) is 4.44. The van der Waals surface area contributed by atoms with Gasteiger partial charge in [0.05, 0.1) is 0 Å². The van der Waals surface area contributed by atoms with Gasteiger partial charge in [0.15, 0.2) is 0 Å². The average Bonchev–Trinajstić information content (AvgIpc) is 2.01. The number of benzene rings is 1. The number of hydrogen-bond acceptors (Lipinski definition) is 1. The molecule has 66 valence electrons. The second kappa shape index (κ2) is 4.40. The van der Waals surface area contributed by atoms with Crippen LogP contribution in [0.1, 0.15) is 11.1 Å². The Hall–Kier alpha value is 0.140. The average molecular weight is 293 g/mol. The van der Waals surface area contributed by atoms with Crippen molar-refractivity contribution in [3.8, 4) is 0 Å². The van der Waals surface area contributed by atoms with Gasteiger partial charge in [-0.2, -0.15) is 0 Å². The van der Waals surface area contributed by atoms with Crippen LogP contribution in [0.2, 0.25) is 0 Å². The molecule has 0 aliphatic carbocycles. The van der Waals surface area contributed by atoms with Crippen molar-refractivity contribution in [3.63, 3.8) is 0 Å². The van der Waals surface area contributed by atoms with E-state index in [1.165, 1.54) is 11.1 Å². The van der Waals surface area contributed by atoms with Gasteiger partial charge in [-0.3, -0.25) is 0 Å². The normalized spacial score (nSPS) is 10.3. The summed E-state index contributed by atoms with van der Waals surface area (Å²) in [5.74, 6) is 0. The molecular weight excluding hydrogens is 282 g/mol. The molecule has 0 atom stereocenters. The summed E-state index contributed by atoms with van der Waals surface area (Å²) < 4.78 is 2.26. The molecule has 0 unspecified atom stereocenters. The monoisotopic (exact) mass is 291 g/mol. The molecule has 12 heavy (non-hydrogen) atoms. The van der Waals surface area contributed by atoms with Crippen LogP contribution in [-0.4, -0.2) is 6.54 Å². The number of rotatable bonds is 2. The molecule has 0 aliphatic heterocycles. The highest BCUT2D eigenvalue weighted by Crippen LogP contribution is 2.25. The van der Waals surface area contributed by atoms with Crippen molar-refractivity contribution in [2.75, 3.05) is 6.54 Å². The number of nitrogens with two attached hydrogens (primary N) is 1. The lowest BCUT2D eigenvalue weighted by Crippen LogP contribution is -2.03. The zero-order valence-electron chi connectivity index (χ0n) is 6.90. The van der Waals surface area contributed by atoms with Crippen LogP contribution in [-0.2, 0) is 6.42 Å². The summed E-state index contributed by atoms with van der Waals surface area (Å²) in [6.45, 7) is 2.77. The van der Waals surface area contributed by atoms with Crippen LogP contribution < -0.4 is 5.73 Å². The molecule has 0 heterocycles. The van der Waals surface area contributed by atoms with Gasteiger partial charge in [-0.15, -0.1) is 0 Å². The summed E-state index contributed by atoms with van der Waals surface area (Å²) >= 11 is 6.97. The van der Waals surface area contributed by atoms with Crippen LogP contribution in [0.5, 0.6) is 0 Å². The van der Waals surface area contributed by atoms with E-state index in [-0.39, 0.29) is 0 Å². The molecule has 1 aromatic rings. The smallest absolute Gasteiger partial charge is 0.0219 e. The van der Waals surface area contributed by atoms with Crippen molar-refractivity contribution < 1.29 is 0 Å². The lowest BCUT2D eigenvalue weighted by Gasteiger charge is -2.05. The van der Waals surface area contributed by atoms with Gasteiger partial charge in [0.1, 0.15) is 0 Å². The van der Waals surface area contributed by atoms with Crippen molar-refractivity contribution in [2.45, 2.75) is 13.3 Å². The lowest BCUT2D eigenvalue weighted by atomic mass is 10.1. The van der Waals surface area contributed by atoms with Gasteiger partial charge in [-0.1, -0.05) is 37.9 Å². The Labute approximate surface area is 89.6 Å². The zero-order valence-corrected chi connectivity index (χ0v) is 10.1. The minimum absolute atomic E-state index is 0.694. The van der Waals surface area contributed by atoms with Crippen LogP contribution in [0.3, 0.4) is 0 Å². The van der Waals surface area contributed by atoms with Gasteiger partial charge >= 0.3 is 0 Å². The van der Waals surface area contributed by atoms with Crippen molar-refractivity contribution in [1.82, 2.24) is 0 Å². The molecule has 0 saturated heterocycles. The maximum absolute atomic E-state index is 5.49. The molecule has 0 aliphatic rings. The predicted molar refractivity (Wildman–Crippen MR) is 59.3 cm³/mol. The molecule has 2 N–H and O–H groups in total. The maximum atomic E-state index is 5.49. The summed E-state index contributed by atoms with van der Waals surface area (Å²) in [5.41, 5.74) is 8.01. The highest BCUT2D eigenvalue weighted by atomic mass is 79.9. The van der Waals surface area contributed by atoms with Crippen LogP contribution in [0.25, 0.3) is 0 Å². The Morgan fingerprint density at radius 1 is 1.25 bits per heavy atom. The molecule has 0 amide bonds. The predicted octanol–water partition coefficient (Wildman–Crippen LogP) is 3.02. The number of hydrogen-bond donors (Lipinski definition) is 1. The molecule has 3 heteroatoms. The molecule has 0 aromatic heterocycles. The molecule has 0 radical (unpaired) electrons. The number of aryl methyl sites for hydroxylation is 1. The quantitative estimate of drug-likeness (QED) is 0.891. The van der Waals surface area contributed by atoms with Crippen LogP contribution in [0.15, 0.2) is 21.1 Å². The SMILES string of the molecule is Cc1cc(CCN)c(Br)cc1Br. The molecule has 1 rings (SSSR count). The molecular formula is C9H11Br2N. The van der Waals surface area contributed by atoms with Gasteiger partial charge in [0.25, 0.3) is 0 Å². The minimum Gasteiger partial charge on any atom is -0.330 e. The molecule has 0 saturated carbocycles. The first kappa shape index (κ1) is 10.2. The third-order valence-corrected chi connectivity index (χ3v) is 3.33. The summed E-state index contributed by atoms with van der Waals surface area (Å²) in [6, 6.07) is 4.22. The zero-order chi connectivity index (χ0) is 9.14. The van der Waals surface area contributed by atoms with Gasteiger partial charge in [-0.05, 0) is 37.1 Å². The van der Waals surface area contributed by atoms with E-state index in [0.717, 1.165) is 15.4 Å². The van der Waals surface area contributed by atoms with Crippen molar-refractivity contribution in [1.29, 1.82) is 0 Å². The van der Waals surface area contributed by atoms with E-state index in [0.29, 0.717) is 6.54 Å². The summed E-state index contributed by atoms with van der Waals surface area (Å²) in [7, 11) is 0. The molecule has 1 aromatic carbocycles. The van der Waals surface area contributed by atoms with E-state index in [2.05, 4.69) is 50.9 Å². The van der Waals surface area contributed by atoms with E-state index < -0.39 is 0 Å². The summed E-state index contributed by atoms with van der Waals surface area (Å²) in [5, 5.41) is 0. The Balaban J connectivity index is 3.05. The van der Waals surface area contributed by atoms with Crippen LogP contribution >= 0.6 is 31.9 Å². The highest BCUT2D eigenvalue weighted by molar-refractivity contribution is 9.11. The maximum Gasteiger partial charge on any atom is 0.0219 e. The van der Waals surface area contributed by atoms with Gasteiger partial charge in [0, 0.05) is 8.95 Å². The van der Waals surface area contributed by atoms with Gasteiger partial charge in [0.2, 0.25) is 0 Å².